The summed E-state index contributed by atoms with van der Waals surface area (Å²) in [7, 11) is 1.59. The Kier molecular flexibility index (Phi) is 4.93. The number of hydrogen-bond donors (Lipinski definition) is 1. The third-order valence-electron chi connectivity index (χ3n) is 3.06. The molecule has 0 spiro atoms. The molecule has 0 aliphatic heterocycles. The highest BCUT2D eigenvalue weighted by atomic mass is 16.5. The van der Waals surface area contributed by atoms with Gasteiger partial charge in [0.25, 0.3) is 0 Å². The zero-order valence-electron chi connectivity index (χ0n) is 12.6. The number of pyridine rings is 1. The lowest BCUT2D eigenvalue weighted by atomic mass is 10.0. The Morgan fingerprint density at radius 2 is 2.10 bits per heavy atom. The van der Waals surface area contributed by atoms with Gasteiger partial charge in [-0.2, -0.15) is 0 Å². The van der Waals surface area contributed by atoms with E-state index >= 15 is 0 Å². The summed E-state index contributed by atoms with van der Waals surface area (Å²) in [5.74, 6) is 1.71. The van der Waals surface area contributed by atoms with Crippen LogP contribution in [0.2, 0.25) is 0 Å². The molecule has 21 heavy (non-hydrogen) atoms. The first-order valence-electron chi connectivity index (χ1n) is 6.99. The number of carbonyl (C=O) groups excluding carboxylic acids is 1. The summed E-state index contributed by atoms with van der Waals surface area (Å²) in [6.07, 6.45) is 1.69. The predicted octanol–water partition coefficient (Wildman–Crippen LogP) is 3.39. The Labute approximate surface area is 125 Å². The molecule has 110 valence electrons. The predicted molar refractivity (Wildman–Crippen MR) is 84.0 cm³/mol. The second kappa shape index (κ2) is 6.88. The number of anilines is 1. The van der Waals surface area contributed by atoms with E-state index in [-0.39, 0.29) is 5.78 Å². The topological polar surface area (TPSA) is 51.2 Å². The van der Waals surface area contributed by atoms with Gasteiger partial charge in [-0.15, -0.1) is 0 Å². The van der Waals surface area contributed by atoms with E-state index in [0.717, 1.165) is 6.54 Å². The molecule has 2 aromatic rings. The lowest BCUT2D eigenvalue weighted by molar-refractivity contribution is 0.103. The maximum absolute atomic E-state index is 12.6. The summed E-state index contributed by atoms with van der Waals surface area (Å²) in [6.45, 7) is 4.99. The van der Waals surface area contributed by atoms with Crippen molar-refractivity contribution in [3.05, 3.63) is 53.7 Å². The molecule has 4 nitrogen and oxygen atoms in total. The summed E-state index contributed by atoms with van der Waals surface area (Å²) in [6, 6.07) is 10.7. The van der Waals surface area contributed by atoms with E-state index in [4.69, 9.17) is 4.74 Å². The van der Waals surface area contributed by atoms with Crippen LogP contribution in [0.5, 0.6) is 5.75 Å². The number of benzene rings is 1. The molecule has 0 saturated heterocycles. The SMILES string of the molecule is COc1cccc(C(=O)c2cccnc2NCC(C)C)c1. The molecule has 0 aliphatic carbocycles. The average molecular weight is 284 g/mol. The van der Waals surface area contributed by atoms with Crippen LogP contribution < -0.4 is 10.1 Å². The third kappa shape index (κ3) is 3.81. The maximum Gasteiger partial charge on any atom is 0.196 e. The highest BCUT2D eigenvalue weighted by molar-refractivity contribution is 6.12. The molecular formula is C17H20N2O2. The van der Waals surface area contributed by atoms with E-state index in [2.05, 4.69) is 24.1 Å². The van der Waals surface area contributed by atoms with Gasteiger partial charge >= 0.3 is 0 Å². The minimum atomic E-state index is -0.0618. The van der Waals surface area contributed by atoms with Crippen molar-refractivity contribution in [2.24, 2.45) is 5.92 Å². The van der Waals surface area contributed by atoms with Gasteiger partial charge in [-0.05, 0) is 30.2 Å². The fraction of sp³-hybridized carbons (Fsp3) is 0.294. The highest BCUT2D eigenvalue weighted by Gasteiger charge is 2.15. The third-order valence-corrected chi connectivity index (χ3v) is 3.06. The highest BCUT2D eigenvalue weighted by Crippen LogP contribution is 2.20. The van der Waals surface area contributed by atoms with Crippen molar-refractivity contribution in [1.29, 1.82) is 0 Å². The number of ketones is 1. The van der Waals surface area contributed by atoms with Gasteiger partial charge in [0.05, 0.1) is 12.7 Å². The first kappa shape index (κ1) is 15.0. The number of nitrogens with one attached hydrogen (secondary N) is 1. The maximum atomic E-state index is 12.6. The number of methoxy groups -OCH3 is 1. The number of nitrogens with zero attached hydrogens (tertiary/aromatic N) is 1. The molecule has 0 saturated carbocycles. The fourth-order valence-corrected chi connectivity index (χ4v) is 1.95. The van der Waals surface area contributed by atoms with Gasteiger partial charge in [0, 0.05) is 18.3 Å². The molecule has 0 fully saturated rings. The molecule has 0 unspecified atom stereocenters. The summed E-state index contributed by atoms with van der Waals surface area (Å²) >= 11 is 0. The van der Waals surface area contributed by atoms with E-state index in [1.54, 1.807) is 37.6 Å². The molecule has 0 radical (unpaired) electrons. The van der Waals surface area contributed by atoms with Gasteiger partial charge in [0.1, 0.15) is 11.6 Å². The number of aromatic nitrogens is 1. The Balaban J connectivity index is 2.30. The number of carbonyl (C=O) groups is 1. The van der Waals surface area contributed by atoms with E-state index in [0.29, 0.717) is 28.6 Å². The van der Waals surface area contributed by atoms with Crippen molar-refractivity contribution >= 4 is 11.6 Å². The smallest absolute Gasteiger partial charge is 0.196 e. The zero-order chi connectivity index (χ0) is 15.2. The van der Waals surface area contributed by atoms with Crippen molar-refractivity contribution in [1.82, 2.24) is 4.98 Å². The molecule has 4 heteroatoms. The molecule has 2 rings (SSSR count). The van der Waals surface area contributed by atoms with Crippen LogP contribution in [0.4, 0.5) is 5.82 Å². The van der Waals surface area contributed by atoms with Crippen LogP contribution in [0.15, 0.2) is 42.6 Å². The van der Waals surface area contributed by atoms with Crippen molar-refractivity contribution < 1.29 is 9.53 Å². The number of ether oxygens (including phenoxy) is 1. The average Bonchev–Trinajstić information content (AvgIpc) is 2.52. The summed E-state index contributed by atoms with van der Waals surface area (Å²) < 4.78 is 5.17. The summed E-state index contributed by atoms with van der Waals surface area (Å²) in [5.41, 5.74) is 1.17. The van der Waals surface area contributed by atoms with Crippen LogP contribution in [-0.4, -0.2) is 24.4 Å². The monoisotopic (exact) mass is 284 g/mol. The molecular weight excluding hydrogens is 264 g/mol. The van der Waals surface area contributed by atoms with Gasteiger partial charge in [0.15, 0.2) is 5.78 Å². The normalized spacial score (nSPS) is 10.5. The lowest BCUT2D eigenvalue weighted by Crippen LogP contribution is -2.13. The zero-order valence-corrected chi connectivity index (χ0v) is 12.6. The van der Waals surface area contributed by atoms with Gasteiger partial charge in [-0.1, -0.05) is 26.0 Å². The second-order valence-corrected chi connectivity index (χ2v) is 5.24. The first-order valence-corrected chi connectivity index (χ1v) is 6.99. The van der Waals surface area contributed by atoms with Crippen LogP contribution in [0.25, 0.3) is 0 Å². The minimum Gasteiger partial charge on any atom is -0.497 e. The molecule has 1 aromatic heterocycles. The van der Waals surface area contributed by atoms with Crippen LogP contribution in [0.1, 0.15) is 29.8 Å². The first-order chi connectivity index (χ1) is 10.1. The lowest BCUT2D eigenvalue weighted by Gasteiger charge is -2.12. The number of hydrogen-bond acceptors (Lipinski definition) is 4. The number of rotatable bonds is 6. The Bertz CT molecular complexity index is 624. The largest absolute Gasteiger partial charge is 0.497 e. The van der Waals surface area contributed by atoms with Gasteiger partial charge in [-0.25, -0.2) is 4.98 Å². The summed E-state index contributed by atoms with van der Waals surface area (Å²) in [5, 5.41) is 3.23. The fourth-order valence-electron chi connectivity index (χ4n) is 1.95. The van der Waals surface area contributed by atoms with Gasteiger partial charge in [-0.3, -0.25) is 4.79 Å². The molecule has 1 aromatic carbocycles. The molecule has 1 N–H and O–H groups in total. The molecule has 0 atom stereocenters. The van der Waals surface area contributed by atoms with E-state index in [1.807, 2.05) is 12.1 Å². The van der Waals surface area contributed by atoms with Crippen LogP contribution in [0, 0.1) is 5.92 Å². The summed E-state index contributed by atoms with van der Waals surface area (Å²) in [4.78, 5) is 16.9. The van der Waals surface area contributed by atoms with Gasteiger partial charge < -0.3 is 10.1 Å². The van der Waals surface area contributed by atoms with E-state index in [9.17, 15) is 4.79 Å². The van der Waals surface area contributed by atoms with Crippen LogP contribution in [-0.2, 0) is 0 Å². The Morgan fingerprint density at radius 3 is 2.81 bits per heavy atom. The second-order valence-electron chi connectivity index (χ2n) is 5.24. The van der Waals surface area contributed by atoms with Crippen molar-refractivity contribution in [2.75, 3.05) is 19.0 Å². The Hall–Kier alpha value is -2.36. The minimum absolute atomic E-state index is 0.0618. The van der Waals surface area contributed by atoms with E-state index < -0.39 is 0 Å². The van der Waals surface area contributed by atoms with Crippen LogP contribution >= 0.6 is 0 Å². The Morgan fingerprint density at radius 1 is 1.29 bits per heavy atom. The molecule has 0 amide bonds. The molecule has 0 bridgehead atoms. The van der Waals surface area contributed by atoms with Crippen LogP contribution in [0.3, 0.4) is 0 Å². The molecule has 1 heterocycles. The van der Waals surface area contributed by atoms with Crippen molar-refractivity contribution in [3.63, 3.8) is 0 Å². The van der Waals surface area contributed by atoms with Gasteiger partial charge in [0.2, 0.25) is 0 Å². The van der Waals surface area contributed by atoms with Crippen molar-refractivity contribution in [2.45, 2.75) is 13.8 Å². The van der Waals surface area contributed by atoms with Crippen molar-refractivity contribution in [3.8, 4) is 5.75 Å². The van der Waals surface area contributed by atoms with E-state index in [1.165, 1.54) is 0 Å². The quantitative estimate of drug-likeness (QED) is 0.826. The standard InChI is InChI=1S/C17H20N2O2/c1-12(2)11-19-17-15(8-5-9-18-17)16(20)13-6-4-7-14(10-13)21-3/h4-10,12H,11H2,1-3H3,(H,18,19). The molecule has 0 aliphatic rings.